The molecule has 0 saturated heterocycles. The van der Waals surface area contributed by atoms with Crippen molar-refractivity contribution in [3.8, 4) is 0 Å². The largest absolute Gasteiger partial charge is 0.359 e. The molecular weight excluding hydrogens is 132 g/mol. The molecule has 2 heterocycles. The van der Waals surface area contributed by atoms with Crippen molar-refractivity contribution >= 4 is 23.1 Å². The van der Waals surface area contributed by atoms with Crippen molar-refractivity contribution in [3.63, 3.8) is 0 Å². The zero-order valence-electron chi connectivity index (χ0n) is 4.95. The third kappa shape index (κ3) is 0.812. The fourth-order valence-corrected chi connectivity index (χ4v) is 1.76. The number of rotatable bonds is 0. The number of fused-ring (bicyclic) bond motifs is 1. The lowest BCUT2D eigenvalue weighted by Gasteiger charge is -1.96. The monoisotopic (exact) mass is 139 g/mol. The van der Waals surface area contributed by atoms with Gasteiger partial charge in [-0.2, -0.15) is 0 Å². The van der Waals surface area contributed by atoms with Crippen LogP contribution in [0.2, 0.25) is 0 Å². The van der Waals surface area contributed by atoms with E-state index < -0.39 is 0 Å². The van der Waals surface area contributed by atoms with E-state index in [9.17, 15) is 0 Å². The molecule has 2 aliphatic heterocycles. The van der Waals surface area contributed by atoms with E-state index in [0.717, 1.165) is 17.5 Å². The van der Waals surface area contributed by atoms with Gasteiger partial charge in [-0.25, -0.2) is 4.58 Å². The zero-order chi connectivity index (χ0) is 6.10. The van der Waals surface area contributed by atoms with E-state index in [1.807, 2.05) is 6.20 Å². The molecule has 0 amide bonds. The summed E-state index contributed by atoms with van der Waals surface area (Å²) >= 11 is 1.80. The Bertz CT molecular complexity index is 215. The van der Waals surface area contributed by atoms with Crippen LogP contribution in [0.4, 0.5) is 0 Å². The SMILES string of the molecule is C1=CN=C2SCC=[N+]2C1. The lowest BCUT2D eigenvalue weighted by atomic mass is 10.5. The van der Waals surface area contributed by atoms with Crippen LogP contribution in [0.15, 0.2) is 17.3 Å². The van der Waals surface area contributed by atoms with Gasteiger partial charge in [0, 0.05) is 6.08 Å². The molecule has 2 nitrogen and oxygen atoms in total. The molecule has 9 heavy (non-hydrogen) atoms. The number of hydrogen-bond donors (Lipinski definition) is 0. The van der Waals surface area contributed by atoms with Crippen LogP contribution >= 0.6 is 11.8 Å². The summed E-state index contributed by atoms with van der Waals surface area (Å²) in [4.78, 5) is 4.19. The van der Waals surface area contributed by atoms with E-state index in [2.05, 4.69) is 21.9 Å². The summed E-state index contributed by atoms with van der Waals surface area (Å²) in [5, 5.41) is 1.15. The van der Waals surface area contributed by atoms with E-state index in [1.165, 1.54) is 0 Å². The quantitative estimate of drug-likeness (QED) is 0.451. The molecule has 0 atom stereocenters. The Morgan fingerprint density at radius 2 is 2.67 bits per heavy atom. The average molecular weight is 139 g/mol. The van der Waals surface area contributed by atoms with Gasteiger partial charge in [-0.15, -0.1) is 0 Å². The highest BCUT2D eigenvalue weighted by Crippen LogP contribution is 2.12. The highest BCUT2D eigenvalue weighted by Gasteiger charge is 2.21. The second-order valence-electron chi connectivity index (χ2n) is 1.94. The first-order valence-corrected chi connectivity index (χ1v) is 3.91. The summed E-state index contributed by atoms with van der Waals surface area (Å²) in [5.74, 6) is 1.08. The Kier molecular flexibility index (Phi) is 1.16. The maximum absolute atomic E-state index is 4.19. The minimum atomic E-state index is 1.01. The van der Waals surface area contributed by atoms with E-state index in [-0.39, 0.29) is 0 Å². The maximum Gasteiger partial charge on any atom is 0.359 e. The van der Waals surface area contributed by atoms with Crippen LogP contribution in [0.5, 0.6) is 0 Å². The Morgan fingerprint density at radius 1 is 1.67 bits per heavy atom. The molecular formula is C6H7N2S+. The van der Waals surface area contributed by atoms with Gasteiger partial charge in [-0.1, -0.05) is 0 Å². The second kappa shape index (κ2) is 1.99. The highest BCUT2D eigenvalue weighted by atomic mass is 32.2. The topological polar surface area (TPSA) is 15.4 Å². The standard InChI is InChI=1S/C6H7N2S/c1-2-7-6-8(3-1)4-5-9-6/h1-2,4H,3,5H2/q+1. The van der Waals surface area contributed by atoms with Crippen LogP contribution in [0.25, 0.3) is 0 Å². The minimum absolute atomic E-state index is 1.01. The Balaban J connectivity index is 2.37. The van der Waals surface area contributed by atoms with Gasteiger partial charge in [-0.05, 0) is 16.8 Å². The van der Waals surface area contributed by atoms with Crippen LogP contribution in [0.3, 0.4) is 0 Å². The minimum Gasteiger partial charge on any atom is -0.224 e. The first-order chi connectivity index (χ1) is 4.47. The van der Waals surface area contributed by atoms with Crippen molar-refractivity contribution in [1.29, 1.82) is 0 Å². The van der Waals surface area contributed by atoms with Crippen LogP contribution < -0.4 is 0 Å². The first-order valence-electron chi connectivity index (χ1n) is 2.92. The van der Waals surface area contributed by atoms with Gasteiger partial charge >= 0.3 is 5.17 Å². The van der Waals surface area contributed by atoms with Crippen molar-refractivity contribution in [2.75, 3.05) is 12.3 Å². The summed E-state index contributed by atoms with van der Waals surface area (Å²) in [7, 11) is 0. The van der Waals surface area contributed by atoms with Gasteiger partial charge in [0.05, 0.1) is 12.0 Å². The number of thioether (sulfide) groups is 1. The molecule has 46 valence electrons. The number of hydrogen-bond acceptors (Lipinski definition) is 2. The fraction of sp³-hybridized carbons (Fsp3) is 0.333. The van der Waals surface area contributed by atoms with Gasteiger partial charge in [0.15, 0.2) is 0 Å². The summed E-state index contributed by atoms with van der Waals surface area (Å²) in [5.41, 5.74) is 0. The molecule has 3 heteroatoms. The van der Waals surface area contributed by atoms with E-state index in [4.69, 9.17) is 0 Å². The molecule has 0 saturated carbocycles. The second-order valence-corrected chi connectivity index (χ2v) is 2.93. The van der Waals surface area contributed by atoms with Gasteiger partial charge in [0.2, 0.25) is 0 Å². The molecule has 0 radical (unpaired) electrons. The van der Waals surface area contributed by atoms with Crippen molar-refractivity contribution < 1.29 is 4.58 Å². The van der Waals surface area contributed by atoms with Crippen molar-refractivity contribution in [2.45, 2.75) is 0 Å². The average Bonchev–Trinajstić information content (AvgIpc) is 2.33. The number of aliphatic imine (C=N–C) groups is 1. The zero-order valence-corrected chi connectivity index (χ0v) is 5.77. The van der Waals surface area contributed by atoms with E-state index in [0.29, 0.717) is 0 Å². The summed E-state index contributed by atoms with van der Waals surface area (Å²) in [6.07, 6.45) is 6.11. The lowest BCUT2D eigenvalue weighted by Crippen LogP contribution is -2.16. The molecule has 2 aliphatic rings. The Hall–Kier alpha value is -0.570. The molecule has 0 aliphatic carbocycles. The number of amidine groups is 1. The molecule has 0 unspecified atom stereocenters. The molecule has 0 aromatic rings. The van der Waals surface area contributed by atoms with Gasteiger partial charge in [0.1, 0.15) is 12.7 Å². The summed E-state index contributed by atoms with van der Waals surface area (Å²) in [6, 6.07) is 0. The molecule has 0 aromatic heterocycles. The van der Waals surface area contributed by atoms with Gasteiger partial charge < -0.3 is 0 Å². The molecule has 0 N–H and O–H groups in total. The van der Waals surface area contributed by atoms with E-state index >= 15 is 0 Å². The molecule has 0 fully saturated rings. The molecule has 2 rings (SSSR count). The Labute approximate surface area is 58.0 Å². The van der Waals surface area contributed by atoms with Crippen LogP contribution in [-0.2, 0) is 0 Å². The van der Waals surface area contributed by atoms with Gasteiger partial charge in [0.25, 0.3) is 0 Å². The van der Waals surface area contributed by atoms with Crippen molar-refractivity contribution in [3.05, 3.63) is 12.3 Å². The van der Waals surface area contributed by atoms with Crippen LogP contribution in [0, 0.1) is 0 Å². The van der Waals surface area contributed by atoms with Gasteiger partial charge in [-0.3, -0.25) is 0 Å². The molecule has 0 spiro atoms. The van der Waals surface area contributed by atoms with Crippen molar-refractivity contribution in [2.24, 2.45) is 4.99 Å². The van der Waals surface area contributed by atoms with E-state index in [1.54, 1.807) is 11.8 Å². The predicted octanol–water partition coefficient (Wildman–Crippen LogP) is 0.700. The van der Waals surface area contributed by atoms with Crippen LogP contribution in [-0.4, -0.2) is 28.3 Å². The maximum atomic E-state index is 4.19. The lowest BCUT2D eigenvalue weighted by molar-refractivity contribution is -0.383. The smallest absolute Gasteiger partial charge is 0.224 e. The Morgan fingerprint density at radius 3 is 3.56 bits per heavy atom. The van der Waals surface area contributed by atoms with Crippen LogP contribution in [0.1, 0.15) is 0 Å². The third-order valence-corrected chi connectivity index (χ3v) is 2.26. The summed E-state index contributed by atoms with van der Waals surface area (Å²) in [6.45, 7) is 1.01. The third-order valence-electron chi connectivity index (χ3n) is 1.35. The molecule has 0 aromatic carbocycles. The first kappa shape index (κ1) is 5.23. The molecule has 0 bridgehead atoms. The number of nitrogens with zero attached hydrogens (tertiary/aromatic N) is 2. The fourth-order valence-electron chi connectivity index (χ4n) is 0.904. The predicted molar refractivity (Wildman–Crippen MR) is 40.2 cm³/mol. The highest BCUT2D eigenvalue weighted by molar-refractivity contribution is 8.14. The normalized spacial score (nSPS) is 23.1. The van der Waals surface area contributed by atoms with Crippen molar-refractivity contribution in [1.82, 2.24) is 0 Å². The summed E-state index contributed by atoms with van der Waals surface area (Å²) < 4.78 is 2.17.